The Kier molecular flexibility index (Phi) is 27.6. The van der Waals surface area contributed by atoms with E-state index in [0.717, 1.165) is 29.8 Å². The Balaban J connectivity index is 0.697. The molecule has 556 valence electrons. The van der Waals surface area contributed by atoms with Crippen LogP contribution in [0.5, 0.6) is 11.5 Å². The normalized spacial score (nSPS) is 18.2. The Morgan fingerprint density at radius 2 is 1.23 bits per heavy atom. The third-order valence-electron chi connectivity index (χ3n) is 20.1. The molecule has 25 nitrogen and oxygen atoms in total. The number of carbonyl (C=O) groups excluding carboxylic acids is 9. The molecule has 9 rings (SSSR count). The number of aromatic nitrogens is 3. The number of epoxide rings is 1. The monoisotopic (exact) mass is 1420 g/mol. The second-order valence-electron chi connectivity index (χ2n) is 29.5. The number of rotatable bonds is 33. The zero-order chi connectivity index (χ0) is 74.1. The highest BCUT2D eigenvalue weighted by molar-refractivity contribution is 5.99. The first-order valence-electron chi connectivity index (χ1n) is 36.8. The smallest absolute Gasteiger partial charge is 0.306 e. The average molecular weight is 1420 g/mol. The van der Waals surface area contributed by atoms with Crippen LogP contribution in [0.25, 0.3) is 17.1 Å². The maximum atomic E-state index is 14.5. The molecule has 4 fully saturated rings. The fourth-order valence-electron chi connectivity index (χ4n) is 14.0. The van der Waals surface area contributed by atoms with E-state index < -0.39 is 71.4 Å². The maximum Gasteiger partial charge on any atom is 0.306 e. The fraction of sp³-hybridized carbons (Fsp3) is 0.551. The van der Waals surface area contributed by atoms with Crippen LogP contribution in [0.4, 0.5) is 0 Å². The summed E-state index contributed by atoms with van der Waals surface area (Å²) >= 11 is 0. The van der Waals surface area contributed by atoms with Gasteiger partial charge in [-0.1, -0.05) is 114 Å². The minimum atomic E-state index is -1.10. The minimum Gasteiger partial charge on any atom is -0.508 e. The molecular weight excluding hydrogens is 1310 g/mol. The van der Waals surface area contributed by atoms with Gasteiger partial charge in [-0.05, 0) is 149 Å². The molecule has 0 unspecified atom stereocenters. The Morgan fingerprint density at radius 3 is 1.84 bits per heavy atom. The van der Waals surface area contributed by atoms with Crippen molar-refractivity contribution in [1.29, 1.82) is 0 Å². The number of nitrogens with one attached hydrogen (secondary N) is 5. The zero-order valence-electron chi connectivity index (χ0n) is 61.3. The number of piperidine rings is 3. The van der Waals surface area contributed by atoms with Crippen LogP contribution in [0.15, 0.2) is 97.1 Å². The lowest BCUT2D eigenvalue weighted by atomic mass is 9.93. The molecule has 5 aromatic rings. The molecule has 0 spiro atoms. The summed E-state index contributed by atoms with van der Waals surface area (Å²) in [5.74, 6) is -3.31. The van der Waals surface area contributed by atoms with Gasteiger partial charge in [-0.2, -0.15) is 0 Å². The number of benzene rings is 4. The Bertz CT molecular complexity index is 3730. The summed E-state index contributed by atoms with van der Waals surface area (Å²) in [7, 11) is 1.75. The van der Waals surface area contributed by atoms with E-state index in [-0.39, 0.29) is 116 Å². The van der Waals surface area contributed by atoms with Crippen molar-refractivity contribution in [3.8, 4) is 28.6 Å². The molecule has 4 saturated heterocycles. The number of amides is 7. The SMILES string of the molecule is CCNC(=O)c1nnc(-c2cc(C(C)C)c(O)cc2O)n1-c1ccc(CN2CCC(C(=O)N3CCC(N(C)C(=O)CCC(=O)OC4CCN(CC(=O)N[C@@H](CCc5ccccc5)C(=O)N[C@@H](CC(C)C)C(=O)N[C@@H](Cc5ccccc5)C(=O)N[C@@H](CC(C)C)C(=O)[C@@]5(C)CO5)CC4)CC3)CC2)cc1. The lowest BCUT2D eigenvalue weighted by Gasteiger charge is -2.39. The summed E-state index contributed by atoms with van der Waals surface area (Å²) in [5, 5.41) is 44.6. The fourth-order valence-corrected chi connectivity index (χ4v) is 14.0. The summed E-state index contributed by atoms with van der Waals surface area (Å²) in [4.78, 5) is 132. The number of likely N-dealkylation sites (tertiary alicyclic amines) is 3. The van der Waals surface area contributed by atoms with Gasteiger partial charge in [0.15, 0.2) is 11.6 Å². The van der Waals surface area contributed by atoms with E-state index in [4.69, 9.17) is 9.47 Å². The van der Waals surface area contributed by atoms with E-state index in [0.29, 0.717) is 107 Å². The molecule has 0 bridgehead atoms. The van der Waals surface area contributed by atoms with Crippen LogP contribution < -0.4 is 26.6 Å². The number of phenolic OH excluding ortho intramolecular Hbond substituents is 2. The third-order valence-corrected chi connectivity index (χ3v) is 20.1. The third kappa shape index (κ3) is 21.8. The number of Topliss-reactive ketones (excluding diaryl/α,β-unsaturated/α-hetero) is 1. The van der Waals surface area contributed by atoms with Crippen molar-refractivity contribution in [3.63, 3.8) is 0 Å². The predicted molar refractivity (Wildman–Crippen MR) is 388 cm³/mol. The number of nitrogens with zero attached hydrogens (tertiary/aromatic N) is 7. The van der Waals surface area contributed by atoms with Crippen molar-refractivity contribution >= 4 is 53.1 Å². The van der Waals surface area contributed by atoms with Crippen molar-refractivity contribution in [2.75, 3.05) is 66.0 Å². The standard InChI is InChI=1S/C78H106N12O13/c1-10-79-76(100)72-85-84-71(60-44-59(51(6)7)65(91)45-66(60)92)90(72)57-24-21-54(22-25-57)46-87-35-29-55(30-36-87)77(101)89-39-31-56(32-40-89)86(9)68(94)27-28-69(95)103-58-33-37-88(38-34-58)47-67(93)80-61(26-23-52-17-13-11-14-18-52)73(97)82-63(42-50(4)5)74(98)83-64(43-53-19-15-12-16-20-53)75(99)81-62(41-49(2)3)70(96)78(8)48-102-78/h11-22,24-25,44-45,49-51,55-56,58,61-64,91-92H,10,23,26-43,46-48H2,1-9H3,(H,79,100)(H,80,93)(H,81,99)(H,82,97)(H,83,98)/t61-,62-,63-,64-,78+/m0/s1. The van der Waals surface area contributed by atoms with Crippen molar-refractivity contribution < 1.29 is 62.8 Å². The Morgan fingerprint density at radius 1 is 0.650 bits per heavy atom. The molecular formula is C78H106N12O13. The van der Waals surface area contributed by atoms with Gasteiger partial charge in [0.1, 0.15) is 41.3 Å². The summed E-state index contributed by atoms with van der Waals surface area (Å²) in [6.07, 6.45) is 4.49. The number of ether oxygens (including phenoxy) is 2. The topological polar surface area (TPSA) is 320 Å². The highest BCUT2D eigenvalue weighted by Crippen LogP contribution is 2.39. The molecule has 25 heteroatoms. The van der Waals surface area contributed by atoms with Gasteiger partial charge in [0, 0.05) is 82.9 Å². The van der Waals surface area contributed by atoms with Gasteiger partial charge < -0.3 is 56.1 Å². The lowest BCUT2D eigenvalue weighted by Crippen LogP contribution is -2.59. The second-order valence-corrected chi connectivity index (χ2v) is 29.5. The van der Waals surface area contributed by atoms with E-state index >= 15 is 0 Å². The van der Waals surface area contributed by atoms with Gasteiger partial charge in [0.05, 0.1) is 31.2 Å². The largest absolute Gasteiger partial charge is 0.508 e. The molecule has 0 radical (unpaired) electrons. The molecule has 0 aliphatic carbocycles. The number of hydrogen-bond acceptors (Lipinski definition) is 17. The number of aromatic hydroxyl groups is 2. The van der Waals surface area contributed by atoms with Crippen molar-refractivity contribution in [2.45, 2.75) is 193 Å². The number of carbonyl (C=O) groups is 9. The van der Waals surface area contributed by atoms with E-state index in [2.05, 4.69) is 41.7 Å². The first-order chi connectivity index (χ1) is 49.2. The van der Waals surface area contributed by atoms with Crippen LogP contribution in [0.3, 0.4) is 0 Å². The number of phenols is 2. The van der Waals surface area contributed by atoms with Crippen LogP contribution in [0.2, 0.25) is 0 Å². The van der Waals surface area contributed by atoms with Crippen LogP contribution in [0, 0.1) is 17.8 Å². The van der Waals surface area contributed by atoms with Gasteiger partial charge in [-0.25, -0.2) is 0 Å². The van der Waals surface area contributed by atoms with Crippen LogP contribution >= 0.6 is 0 Å². The average Bonchev–Trinajstić information content (AvgIpc) is 1.67. The predicted octanol–water partition coefficient (Wildman–Crippen LogP) is 6.93. The van der Waals surface area contributed by atoms with Gasteiger partial charge >= 0.3 is 5.97 Å². The number of ketones is 1. The summed E-state index contributed by atoms with van der Waals surface area (Å²) in [6.45, 7) is 19.8. The van der Waals surface area contributed by atoms with E-state index in [1.807, 2.05) is 143 Å². The van der Waals surface area contributed by atoms with Crippen molar-refractivity contribution in [2.24, 2.45) is 17.8 Å². The number of aryl methyl sites for hydroxylation is 1. The summed E-state index contributed by atoms with van der Waals surface area (Å²) in [5.41, 5.74) is 3.36. The van der Waals surface area contributed by atoms with Gasteiger partial charge in [0.2, 0.25) is 41.3 Å². The Hall–Kier alpha value is -9.07. The Labute approximate surface area is 604 Å². The lowest BCUT2D eigenvalue weighted by molar-refractivity contribution is -0.153. The number of esters is 1. The zero-order valence-corrected chi connectivity index (χ0v) is 61.3. The number of hydrogen-bond donors (Lipinski definition) is 7. The molecule has 4 aliphatic rings. The summed E-state index contributed by atoms with van der Waals surface area (Å²) < 4.78 is 12.9. The molecule has 7 N–H and O–H groups in total. The maximum absolute atomic E-state index is 14.5. The minimum absolute atomic E-state index is 0.0182. The second kappa shape index (κ2) is 36.4. The highest BCUT2D eigenvalue weighted by atomic mass is 16.6. The molecule has 4 aromatic carbocycles. The first kappa shape index (κ1) is 78.1. The van der Waals surface area contributed by atoms with Crippen LogP contribution in [-0.4, -0.2) is 206 Å². The molecule has 7 amide bonds. The van der Waals surface area contributed by atoms with E-state index in [1.54, 1.807) is 29.5 Å². The van der Waals surface area contributed by atoms with Crippen molar-refractivity contribution in [1.82, 2.24) is 60.9 Å². The van der Waals surface area contributed by atoms with E-state index in [1.165, 1.54) is 6.07 Å². The summed E-state index contributed by atoms with van der Waals surface area (Å²) in [6, 6.07) is 25.3. The molecule has 5 heterocycles. The molecule has 0 saturated carbocycles. The molecule has 1 aromatic heterocycles. The van der Waals surface area contributed by atoms with Crippen molar-refractivity contribution in [3.05, 3.63) is 125 Å². The molecule has 5 atom stereocenters. The van der Waals surface area contributed by atoms with E-state index in [9.17, 15) is 53.4 Å². The highest BCUT2D eigenvalue weighted by Gasteiger charge is 2.50. The molecule has 103 heavy (non-hydrogen) atoms. The van der Waals surface area contributed by atoms with Gasteiger partial charge in [-0.3, -0.25) is 57.5 Å². The molecule has 4 aliphatic heterocycles. The van der Waals surface area contributed by atoms with Crippen LogP contribution in [-0.2, 0) is 67.2 Å². The van der Waals surface area contributed by atoms with Crippen LogP contribution in [0.1, 0.15) is 165 Å². The quantitative estimate of drug-likeness (QED) is 0.0165. The van der Waals surface area contributed by atoms with Gasteiger partial charge in [-0.15, -0.1) is 10.2 Å². The first-order valence-corrected chi connectivity index (χ1v) is 36.8. The van der Waals surface area contributed by atoms with Gasteiger partial charge in [0.25, 0.3) is 5.91 Å².